The molecule has 0 aliphatic rings. The van der Waals surface area contributed by atoms with Crippen molar-refractivity contribution in [1.29, 1.82) is 0 Å². The van der Waals surface area contributed by atoms with Gasteiger partial charge in [-0.2, -0.15) is 0 Å². The van der Waals surface area contributed by atoms with Gasteiger partial charge in [-0.25, -0.2) is 0 Å². The zero-order valence-corrected chi connectivity index (χ0v) is 10.3. The van der Waals surface area contributed by atoms with Crippen LogP contribution in [0.1, 0.15) is 59.8 Å². The van der Waals surface area contributed by atoms with E-state index in [1.165, 1.54) is 25.7 Å². The highest BCUT2D eigenvalue weighted by atomic mass is 16.4. The number of carboxylic acid groups (broad SMARTS) is 1. The van der Waals surface area contributed by atoms with Crippen LogP contribution in [0.2, 0.25) is 0 Å². The average Bonchev–Trinajstić information content (AvgIpc) is 2.11. The molecule has 90 valence electrons. The van der Waals surface area contributed by atoms with Gasteiger partial charge in [0, 0.05) is 6.92 Å². The summed E-state index contributed by atoms with van der Waals surface area (Å²) in [7, 11) is 0. The predicted molar refractivity (Wildman–Crippen MR) is 63.1 cm³/mol. The number of carbonyl (C=O) groups is 1. The highest BCUT2D eigenvalue weighted by Crippen LogP contribution is 2.11. The third-order valence-corrected chi connectivity index (χ3v) is 2.02. The van der Waals surface area contributed by atoms with Crippen LogP contribution in [0.15, 0.2) is 11.3 Å². The van der Waals surface area contributed by atoms with E-state index in [1.54, 1.807) is 6.92 Å². The monoisotopic (exact) mass is 216 g/mol. The minimum atomic E-state index is -0.833. The summed E-state index contributed by atoms with van der Waals surface area (Å²) in [6.07, 6.45) is 6.17. The van der Waals surface area contributed by atoms with E-state index in [1.807, 2.05) is 6.92 Å². The van der Waals surface area contributed by atoms with Gasteiger partial charge in [0.2, 0.25) is 0 Å². The van der Waals surface area contributed by atoms with Crippen LogP contribution >= 0.6 is 0 Å². The summed E-state index contributed by atoms with van der Waals surface area (Å²) in [6, 6.07) is 0. The van der Waals surface area contributed by atoms with Gasteiger partial charge in [-0.3, -0.25) is 4.79 Å². The molecule has 2 N–H and O–H groups in total. The van der Waals surface area contributed by atoms with Crippen molar-refractivity contribution < 1.29 is 15.0 Å². The molecular formula is C12H24O3. The van der Waals surface area contributed by atoms with Crippen molar-refractivity contribution in [2.75, 3.05) is 0 Å². The number of hydrogen-bond donors (Lipinski definition) is 2. The lowest BCUT2D eigenvalue weighted by Gasteiger charge is -2.01. The molecule has 0 aromatic heterocycles. The number of hydrogen-bond acceptors (Lipinski definition) is 2. The quantitative estimate of drug-likeness (QED) is 0.541. The SMILES string of the molecule is CC(=O)O.CCCCCCC(C)=C(C)O. The third kappa shape index (κ3) is 19.4. The summed E-state index contributed by atoms with van der Waals surface area (Å²) in [5.41, 5.74) is 1.14. The van der Waals surface area contributed by atoms with Gasteiger partial charge >= 0.3 is 0 Å². The maximum absolute atomic E-state index is 9.06. The zero-order valence-electron chi connectivity index (χ0n) is 10.3. The second-order valence-corrected chi connectivity index (χ2v) is 3.70. The smallest absolute Gasteiger partial charge is 0.300 e. The molecule has 0 fully saturated rings. The Kier molecular flexibility index (Phi) is 12.2. The highest BCUT2D eigenvalue weighted by molar-refractivity contribution is 5.62. The Labute approximate surface area is 92.8 Å². The van der Waals surface area contributed by atoms with E-state index in [-0.39, 0.29) is 0 Å². The van der Waals surface area contributed by atoms with Gasteiger partial charge in [0.1, 0.15) is 0 Å². The lowest BCUT2D eigenvalue weighted by Crippen LogP contribution is -1.84. The summed E-state index contributed by atoms with van der Waals surface area (Å²) in [5.74, 6) is -0.332. The molecule has 0 radical (unpaired) electrons. The summed E-state index contributed by atoms with van der Waals surface area (Å²) in [6.45, 7) is 7.05. The molecule has 0 aliphatic carbocycles. The fraction of sp³-hybridized carbons (Fsp3) is 0.750. The molecule has 0 aromatic carbocycles. The van der Waals surface area contributed by atoms with Crippen LogP contribution < -0.4 is 0 Å². The summed E-state index contributed by atoms with van der Waals surface area (Å²) in [4.78, 5) is 9.00. The van der Waals surface area contributed by atoms with Gasteiger partial charge < -0.3 is 10.2 Å². The molecule has 0 saturated carbocycles. The molecule has 3 nitrogen and oxygen atoms in total. The molecular weight excluding hydrogens is 192 g/mol. The van der Waals surface area contributed by atoms with E-state index in [0.29, 0.717) is 5.76 Å². The number of aliphatic hydroxyl groups is 1. The number of aliphatic hydroxyl groups excluding tert-OH is 1. The van der Waals surface area contributed by atoms with Gasteiger partial charge in [0.05, 0.1) is 5.76 Å². The van der Waals surface area contributed by atoms with Crippen LogP contribution in [0.4, 0.5) is 0 Å². The van der Waals surface area contributed by atoms with E-state index in [0.717, 1.165) is 18.9 Å². The van der Waals surface area contributed by atoms with Crippen LogP contribution in [-0.2, 0) is 4.79 Å². The van der Waals surface area contributed by atoms with E-state index < -0.39 is 5.97 Å². The molecule has 0 rings (SSSR count). The Hall–Kier alpha value is -0.990. The number of rotatable bonds is 5. The Morgan fingerprint density at radius 3 is 1.80 bits per heavy atom. The number of aliphatic carboxylic acids is 1. The van der Waals surface area contributed by atoms with Gasteiger partial charge in [0.25, 0.3) is 5.97 Å². The fourth-order valence-electron chi connectivity index (χ4n) is 0.998. The molecule has 0 bridgehead atoms. The first-order valence-electron chi connectivity index (χ1n) is 5.46. The minimum absolute atomic E-state index is 0.501. The maximum atomic E-state index is 9.06. The summed E-state index contributed by atoms with van der Waals surface area (Å²) < 4.78 is 0. The van der Waals surface area contributed by atoms with Crippen molar-refractivity contribution in [3.8, 4) is 0 Å². The molecule has 0 heterocycles. The van der Waals surface area contributed by atoms with Crippen LogP contribution in [0.25, 0.3) is 0 Å². The summed E-state index contributed by atoms with van der Waals surface area (Å²) in [5, 5.41) is 16.5. The van der Waals surface area contributed by atoms with Crippen molar-refractivity contribution in [1.82, 2.24) is 0 Å². The molecule has 3 heteroatoms. The highest BCUT2D eigenvalue weighted by Gasteiger charge is 1.94. The maximum Gasteiger partial charge on any atom is 0.300 e. The first-order chi connectivity index (χ1) is 6.91. The average molecular weight is 216 g/mol. The Bertz CT molecular complexity index is 187. The molecule has 0 aliphatic heterocycles. The molecule has 0 amide bonds. The van der Waals surface area contributed by atoms with Crippen LogP contribution in [0.3, 0.4) is 0 Å². The van der Waals surface area contributed by atoms with E-state index in [2.05, 4.69) is 6.92 Å². The van der Waals surface area contributed by atoms with Crippen molar-refractivity contribution in [2.45, 2.75) is 59.8 Å². The number of allylic oxidation sites excluding steroid dienone is 2. The third-order valence-electron chi connectivity index (χ3n) is 2.02. The number of unbranched alkanes of at least 4 members (excludes halogenated alkanes) is 3. The molecule has 0 unspecified atom stereocenters. The predicted octanol–water partition coefficient (Wildman–Crippen LogP) is 3.90. The van der Waals surface area contributed by atoms with Gasteiger partial charge in [-0.15, -0.1) is 0 Å². The zero-order chi connectivity index (χ0) is 12.3. The Morgan fingerprint density at radius 1 is 1.00 bits per heavy atom. The van der Waals surface area contributed by atoms with Crippen LogP contribution in [0, 0.1) is 0 Å². The van der Waals surface area contributed by atoms with Gasteiger partial charge in [-0.05, 0) is 32.3 Å². The Morgan fingerprint density at radius 2 is 1.47 bits per heavy atom. The molecule has 0 saturated heterocycles. The van der Waals surface area contributed by atoms with Crippen LogP contribution in [-0.4, -0.2) is 16.2 Å². The second kappa shape index (κ2) is 11.1. The van der Waals surface area contributed by atoms with Gasteiger partial charge in [0.15, 0.2) is 0 Å². The Balaban J connectivity index is 0. The van der Waals surface area contributed by atoms with Gasteiger partial charge in [-0.1, -0.05) is 26.2 Å². The van der Waals surface area contributed by atoms with E-state index in [9.17, 15) is 0 Å². The van der Waals surface area contributed by atoms with Crippen molar-refractivity contribution >= 4 is 5.97 Å². The topological polar surface area (TPSA) is 57.5 Å². The van der Waals surface area contributed by atoms with Crippen molar-refractivity contribution in [3.63, 3.8) is 0 Å². The first kappa shape index (κ1) is 16.4. The fourth-order valence-corrected chi connectivity index (χ4v) is 0.998. The first-order valence-corrected chi connectivity index (χ1v) is 5.46. The minimum Gasteiger partial charge on any atom is -0.513 e. The second-order valence-electron chi connectivity index (χ2n) is 3.70. The summed E-state index contributed by atoms with van der Waals surface area (Å²) >= 11 is 0. The lowest BCUT2D eigenvalue weighted by atomic mass is 10.1. The van der Waals surface area contributed by atoms with Crippen molar-refractivity contribution in [3.05, 3.63) is 11.3 Å². The lowest BCUT2D eigenvalue weighted by molar-refractivity contribution is -0.134. The van der Waals surface area contributed by atoms with E-state index >= 15 is 0 Å². The van der Waals surface area contributed by atoms with Crippen molar-refractivity contribution in [2.24, 2.45) is 0 Å². The molecule has 0 aromatic rings. The standard InChI is InChI=1S/C10H20O.C2H4O2/c1-4-5-6-7-8-9(2)10(3)11;1-2(3)4/h11H,4-8H2,1-3H3;1H3,(H,3,4). The normalized spacial score (nSPS) is 11.2. The number of carboxylic acids is 1. The molecule has 15 heavy (non-hydrogen) atoms. The van der Waals surface area contributed by atoms with Crippen LogP contribution in [0.5, 0.6) is 0 Å². The van der Waals surface area contributed by atoms with E-state index in [4.69, 9.17) is 15.0 Å². The largest absolute Gasteiger partial charge is 0.513 e. The molecule has 0 atom stereocenters. The molecule has 0 spiro atoms.